The van der Waals surface area contributed by atoms with Gasteiger partial charge in [0.25, 0.3) is 0 Å². The molecule has 2 unspecified atom stereocenters. The number of hydrogen-bond donors (Lipinski definition) is 0. The van der Waals surface area contributed by atoms with Crippen molar-refractivity contribution in [1.82, 2.24) is 15.0 Å². The Morgan fingerprint density at radius 2 is 1.32 bits per heavy atom. The van der Waals surface area contributed by atoms with Gasteiger partial charge in [-0.25, -0.2) is 4.98 Å². The molecule has 0 saturated heterocycles. The van der Waals surface area contributed by atoms with Crippen molar-refractivity contribution in [2.75, 3.05) is 0 Å². The van der Waals surface area contributed by atoms with Gasteiger partial charge in [0.2, 0.25) is 5.28 Å². The predicted octanol–water partition coefficient (Wildman–Crippen LogP) is 5.55. The fourth-order valence-corrected chi connectivity index (χ4v) is 7.71. The van der Waals surface area contributed by atoms with Crippen molar-refractivity contribution >= 4 is 11.6 Å². The second-order valence-corrected chi connectivity index (χ2v) is 9.52. The number of halogens is 1. The minimum absolute atomic E-state index is 0.237. The van der Waals surface area contributed by atoms with Gasteiger partial charge in [-0.1, -0.05) is 54.6 Å². The Kier molecular flexibility index (Phi) is 2.80. The van der Waals surface area contributed by atoms with Gasteiger partial charge in [-0.05, 0) is 66.0 Å². The van der Waals surface area contributed by atoms with E-state index in [4.69, 9.17) is 11.6 Å². The van der Waals surface area contributed by atoms with Crippen LogP contribution in [0.1, 0.15) is 31.2 Å². The lowest BCUT2D eigenvalue weighted by Gasteiger charge is -2.91. The van der Waals surface area contributed by atoms with E-state index in [9.17, 15) is 0 Å². The number of rotatable bonds is 3. The van der Waals surface area contributed by atoms with E-state index >= 15 is 0 Å². The molecule has 2 aromatic carbocycles. The van der Waals surface area contributed by atoms with Gasteiger partial charge >= 0.3 is 0 Å². The van der Waals surface area contributed by atoms with Gasteiger partial charge in [-0.3, -0.25) is 0 Å². The van der Waals surface area contributed by atoms with Gasteiger partial charge in [-0.15, -0.1) is 0 Å². The molecule has 0 radical (unpaired) electrons. The minimum Gasteiger partial charge on any atom is -0.208 e. The van der Waals surface area contributed by atoms with Crippen LogP contribution in [0.3, 0.4) is 0 Å². The SMILES string of the molecule is Clc1nc(-c2ccccc2)nc(-c2ccc(C34CC5CC6CC(C3)C654)cc2)n1. The number of nitrogens with zero attached hydrogens (tertiary/aromatic N) is 3. The maximum atomic E-state index is 6.21. The van der Waals surface area contributed by atoms with Crippen molar-refractivity contribution < 1.29 is 0 Å². The summed E-state index contributed by atoms with van der Waals surface area (Å²) in [5.74, 6) is 4.35. The summed E-state index contributed by atoms with van der Waals surface area (Å²) in [6, 6.07) is 18.9. The quantitative estimate of drug-likeness (QED) is 0.593. The molecule has 7 rings (SSSR count). The van der Waals surface area contributed by atoms with Crippen LogP contribution < -0.4 is 0 Å². The molecule has 4 aliphatic rings. The summed E-state index contributed by atoms with van der Waals surface area (Å²) in [6.45, 7) is 0. The molecule has 28 heavy (non-hydrogen) atoms. The molecule has 0 bridgehead atoms. The van der Waals surface area contributed by atoms with Crippen molar-refractivity contribution in [3.63, 3.8) is 0 Å². The largest absolute Gasteiger partial charge is 0.226 e. The lowest BCUT2D eigenvalue weighted by atomic mass is 9.12. The smallest absolute Gasteiger partial charge is 0.208 e. The van der Waals surface area contributed by atoms with E-state index in [1.165, 1.54) is 31.2 Å². The van der Waals surface area contributed by atoms with Crippen LogP contribution in [0.2, 0.25) is 5.28 Å². The van der Waals surface area contributed by atoms with Crippen molar-refractivity contribution in [1.29, 1.82) is 0 Å². The second-order valence-electron chi connectivity index (χ2n) is 9.18. The van der Waals surface area contributed by atoms with E-state index in [1.807, 2.05) is 30.3 Å². The average molecular weight is 386 g/mol. The average Bonchev–Trinajstić information content (AvgIpc) is 2.66. The van der Waals surface area contributed by atoms with E-state index in [0.29, 0.717) is 22.5 Å². The van der Waals surface area contributed by atoms with Crippen molar-refractivity contribution in [2.24, 2.45) is 23.2 Å². The third-order valence-corrected chi connectivity index (χ3v) is 8.69. The Morgan fingerprint density at radius 1 is 0.714 bits per heavy atom. The molecule has 4 saturated carbocycles. The third kappa shape index (κ3) is 1.63. The van der Waals surface area contributed by atoms with Gasteiger partial charge in [0.15, 0.2) is 11.6 Å². The summed E-state index contributed by atoms with van der Waals surface area (Å²) >= 11 is 6.21. The monoisotopic (exact) mass is 385 g/mol. The molecule has 3 nitrogen and oxygen atoms in total. The normalized spacial score (nSPS) is 36.1. The van der Waals surface area contributed by atoms with Gasteiger partial charge in [0.05, 0.1) is 0 Å². The molecule has 0 N–H and O–H groups in total. The van der Waals surface area contributed by atoms with E-state index in [1.54, 1.807) is 0 Å². The topological polar surface area (TPSA) is 38.7 Å². The Morgan fingerprint density at radius 3 is 1.89 bits per heavy atom. The van der Waals surface area contributed by atoms with Crippen LogP contribution in [-0.2, 0) is 5.41 Å². The third-order valence-electron chi connectivity index (χ3n) is 8.52. The summed E-state index contributed by atoms with van der Waals surface area (Å²) in [5.41, 5.74) is 4.70. The van der Waals surface area contributed by atoms with Gasteiger partial charge in [0.1, 0.15) is 0 Å². The fourth-order valence-electron chi connectivity index (χ4n) is 7.55. The van der Waals surface area contributed by atoms with E-state index in [0.717, 1.165) is 28.9 Å². The van der Waals surface area contributed by atoms with Crippen LogP contribution in [0.25, 0.3) is 22.8 Å². The highest BCUT2D eigenvalue weighted by atomic mass is 35.5. The molecular weight excluding hydrogens is 366 g/mol. The second kappa shape index (κ2) is 5.01. The summed E-state index contributed by atoms with van der Waals surface area (Å²) in [6.07, 6.45) is 5.83. The van der Waals surface area contributed by atoms with Crippen LogP contribution in [-0.4, -0.2) is 15.0 Å². The van der Waals surface area contributed by atoms with Crippen molar-refractivity contribution in [3.05, 3.63) is 65.4 Å². The zero-order chi connectivity index (χ0) is 18.5. The molecule has 4 fully saturated rings. The Hall–Kier alpha value is -2.26. The van der Waals surface area contributed by atoms with Crippen molar-refractivity contribution in [2.45, 2.75) is 31.1 Å². The maximum absolute atomic E-state index is 6.21. The zero-order valence-electron chi connectivity index (χ0n) is 15.5. The standard InChI is InChI=1S/C24H20ClN3/c25-22-27-20(14-4-2-1-3-5-14)26-21(28-22)15-6-8-16(9-7-15)23-12-18-10-17-11-19(13-23)24(17,18)23/h1-9,17-19H,10-13H2. The van der Waals surface area contributed by atoms with Crippen molar-refractivity contribution in [3.8, 4) is 22.8 Å². The zero-order valence-corrected chi connectivity index (χ0v) is 16.2. The van der Waals surface area contributed by atoms with Gasteiger partial charge in [0, 0.05) is 16.5 Å². The van der Waals surface area contributed by atoms with Crippen LogP contribution in [0.4, 0.5) is 0 Å². The van der Waals surface area contributed by atoms with Gasteiger partial charge < -0.3 is 0 Å². The summed E-state index contributed by atoms with van der Waals surface area (Å²) in [7, 11) is 0. The lowest BCUT2D eigenvalue weighted by Crippen LogP contribution is -2.87. The van der Waals surface area contributed by atoms with E-state index in [-0.39, 0.29) is 5.28 Å². The first-order valence-electron chi connectivity index (χ1n) is 10.3. The predicted molar refractivity (Wildman–Crippen MR) is 109 cm³/mol. The Bertz CT molecular complexity index is 1080. The minimum atomic E-state index is 0.237. The Balaban J connectivity index is 1.24. The van der Waals surface area contributed by atoms with Crippen LogP contribution in [0.5, 0.6) is 0 Å². The highest BCUT2D eigenvalue weighted by Crippen LogP contribution is 2.92. The highest BCUT2D eigenvalue weighted by Gasteiger charge is 2.87. The molecule has 1 heterocycles. The summed E-state index contributed by atoms with van der Waals surface area (Å²) < 4.78 is 0. The molecule has 4 heteroatoms. The van der Waals surface area contributed by atoms with Crippen LogP contribution in [0, 0.1) is 23.2 Å². The lowest BCUT2D eigenvalue weighted by molar-refractivity contribution is -0.395. The molecular formula is C24H20ClN3. The van der Waals surface area contributed by atoms with Gasteiger partial charge in [-0.2, -0.15) is 9.97 Å². The molecule has 3 aromatic rings. The number of aromatic nitrogens is 3. The van der Waals surface area contributed by atoms with E-state index < -0.39 is 0 Å². The molecule has 4 aliphatic carbocycles. The first-order chi connectivity index (χ1) is 13.7. The molecule has 0 aliphatic heterocycles. The molecule has 2 atom stereocenters. The first kappa shape index (κ1) is 15.6. The summed E-state index contributed by atoms with van der Waals surface area (Å²) in [5, 5.41) is 0.237. The molecule has 1 spiro atoms. The highest BCUT2D eigenvalue weighted by molar-refractivity contribution is 6.28. The Labute approximate surface area is 169 Å². The summed E-state index contributed by atoms with van der Waals surface area (Å²) in [4.78, 5) is 13.4. The molecule has 1 aromatic heterocycles. The van der Waals surface area contributed by atoms with Crippen LogP contribution in [0.15, 0.2) is 54.6 Å². The number of benzene rings is 2. The maximum Gasteiger partial charge on any atom is 0.226 e. The fraction of sp³-hybridized carbons (Fsp3) is 0.375. The molecule has 138 valence electrons. The van der Waals surface area contributed by atoms with Crippen LogP contribution >= 0.6 is 11.6 Å². The first-order valence-corrected chi connectivity index (χ1v) is 10.7. The van der Waals surface area contributed by atoms with E-state index in [2.05, 4.69) is 39.2 Å². The molecule has 0 amide bonds. The number of hydrogen-bond acceptors (Lipinski definition) is 3.